The summed E-state index contributed by atoms with van der Waals surface area (Å²) in [5.74, 6) is 0.436. The van der Waals surface area contributed by atoms with Crippen LogP contribution in [0.15, 0.2) is 40.7 Å². The van der Waals surface area contributed by atoms with Gasteiger partial charge < -0.3 is 10.3 Å². The molecule has 0 fully saturated rings. The Morgan fingerprint density at radius 1 is 1.25 bits per heavy atom. The second-order valence-electron chi connectivity index (χ2n) is 5.47. The highest BCUT2D eigenvalue weighted by atomic mass is 32.2. The van der Waals surface area contributed by atoms with E-state index in [0.29, 0.717) is 10.9 Å². The SMILES string of the molecule is Cc1cc(C(=O)CSc2nnc(N)s2)c(C)n1Cc1ccccc1. The molecule has 0 saturated heterocycles. The first-order chi connectivity index (χ1) is 11.5. The average molecular weight is 358 g/mol. The first-order valence-electron chi connectivity index (χ1n) is 7.50. The Morgan fingerprint density at radius 2 is 2.00 bits per heavy atom. The molecule has 24 heavy (non-hydrogen) atoms. The van der Waals surface area contributed by atoms with Crippen LogP contribution in [0.1, 0.15) is 27.3 Å². The summed E-state index contributed by atoms with van der Waals surface area (Å²) in [7, 11) is 0. The number of hydrogen-bond donors (Lipinski definition) is 1. The summed E-state index contributed by atoms with van der Waals surface area (Å²) in [4.78, 5) is 12.6. The summed E-state index contributed by atoms with van der Waals surface area (Å²) in [6.07, 6.45) is 0. The van der Waals surface area contributed by atoms with Crippen LogP contribution in [0.4, 0.5) is 5.13 Å². The molecule has 0 amide bonds. The van der Waals surface area contributed by atoms with Gasteiger partial charge in [-0.25, -0.2) is 0 Å². The molecule has 3 rings (SSSR count). The molecule has 124 valence electrons. The molecule has 0 bridgehead atoms. The van der Waals surface area contributed by atoms with Gasteiger partial charge in [0.1, 0.15) is 0 Å². The van der Waals surface area contributed by atoms with E-state index in [1.165, 1.54) is 28.7 Å². The number of carbonyl (C=O) groups is 1. The Morgan fingerprint density at radius 3 is 2.67 bits per heavy atom. The van der Waals surface area contributed by atoms with Crippen LogP contribution in [0.3, 0.4) is 0 Å². The number of carbonyl (C=O) groups excluding carboxylic acids is 1. The Kier molecular flexibility index (Phi) is 5.01. The van der Waals surface area contributed by atoms with Crippen LogP contribution in [0.25, 0.3) is 0 Å². The first kappa shape index (κ1) is 16.7. The number of hydrogen-bond acceptors (Lipinski definition) is 6. The van der Waals surface area contributed by atoms with Crippen molar-refractivity contribution in [2.75, 3.05) is 11.5 Å². The van der Waals surface area contributed by atoms with Crippen molar-refractivity contribution in [1.29, 1.82) is 0 Å². The fraction of sp³-hybridized carbons (Fsp3) is 0.235. The van der Waals surface area contributed by atoms with Crippen LogP contribution in [0, 0.1) is 13.8 Å². The first-order valence-corrected chi connectivity index (χ1v) is 9.30. The zero-order valence-corrected chi connectivity index (χ0v) is 15.2. The largest absolute Gasteiger partial charge is 0.374 e. The zero-order valence-electron chi connectivity index (χ0n) is 13.5. The highest BCUT2D eigenvalue weighted by Crippen LogP contribution is 2.25. The van der Waals surface area contributed by atoms with E-state index in [1.807, 2.05) is 38.1 Å². The standard InChI is InChI=1S/C17H18N4OS2/c1-11-8-14(15(22)10-23-17-20-19-16(18)24-17)12(2)21(11)9-13-6-4-3-5-7-13/h3-8H,9-10H2,1-2H3,(H2,18,19). The molecule has 3 aromatic rings. The quantitative estimate of drug-likeness (QED) is 0.539. The second kappa shape index (κ2) is 7.19. The summed E-state index contributed by atoms with van der Waals surface area (Å²) < 4.78 is 2.90. The molecule has 0 aliphatic carbocycles. The number of nitrogens with two attached hydrogens (primary N) is 1. The highest BCUT2D eigenvalue weighted by molar-refractivity contribution is 8.01. The van der Waals surface area contributed by atoms with Gasteiger partial charge in [0.15, 0.2) is 10.1 Å². The molecule has 0 saturated carbocycles. The number of thioether (sulfide) groups is 1. The predicted molar refractivity (Wildman–Crippen MR) is 98.8 cm³/mol. The molecule has 2 heterocycles. The fourth-order valence-corrected chi connectivity index (χ4v) is 4.10. The zero-order chi connectivity index (χ0) is 17.1. The number of nitrogens with zero attached hydrogens (tertiary/aromatic N) is 3. The average Bonchev–Trinajstić information content (AvgIpc) is 3.12. The van der Waals surface area contributed by atoms with Crippen LogP contribution in [0.5, 0.6) is 0 Å². The van der Waals surface area contributed by atoms with Gasteiger partial charge in [-0.2, -0.15) is 0 Å². The van der Waals surface area contributed by atoms with Crippen LogP contribution >= 0.6 is 23.1 Å². The topological polar surface area (TPSA) is 73.8 Å². The molecule has 5 nitrogen and oxygen atoms in total. The van der Waals surface area contributed by atoms with Crippen LogP contribution < -0.4 is 5.73 Å². The maximum absolute atomic E-state index is 12.6. The van der Waals surface area contributed by atoms with Gasteiger partial charge in [0, 0.05) is 23.5 Å². The van der Waals surface area contributed by atoms with Crippen LogP contribution in [-0.4, -0.2) is 26.3 Å². The van der Waals surface area contributed by atoms with Crippen molar-refractivity contribution in [3.8, 4) is 0 Å². The van der Waals surface area contributed by atoms with E-state index < -0.39 is 0 Å². The number of benzene rings is 1. The summed E-state index contributed by atoms with van der Waals surface area (Å²) >= 11 is 2.68. The highest BCUT2D eigenvalue weighted by Gasteiger charge is 2.17. The predicted octanol–water partition coefficient (Wildman–Crippen LogP) is 3.56. The van der Waals surface area contributed by atoms with Gasteiger partial charge >= 0.3 is 0 Å². The maximum atomic E-state index is 12.6. The summed E-state index contributed by atoms with van der Waals surface area (Å²) in [6, 6.07) is 12.2. The van der Waals surface area contributed by atoms with E-state index in [1.54, 1.807) is 0 Å². The molecule has 0 radical (unpaired) electrons. The van der Waals surface area contributed by atoms with Crippen molar-refractivity contribution in [3.63, 3.8) is 0 Å². The Balaban J connectivity index is 1.74. The molecule has 0 aliphatic rings. The van der Waals surface area contributed by atoms with Crippen molar-refractivity contribution < 1.29 is 4.79 Å². The van der Waals surface area contributed by atoms with Crippen molar-refractivity contribution in [2.45, 2.75) is 24.7 Å². The minimum absolute atomic E-state index is 0.0983. The summed E-state index contributed by atoms with van der Waals surface area (Å²) in [5.41, 5.74) is 9.64. The Bertz CT molecular complexity index is 855. The lowest BCUT2D eigenvalue weighted by Gasteiger charge is -2.09. The molecule has 0 atom stereocenters. The van der Waals surface area contributed by atoms with E-state index >= 15 is 0 Å². The molecule has 1 aromatic carbocycles. The molecule has 0 aliphatic heterocycles. The van der Waals surface area contributed by atoms with Gasteiger partial charge in [-0.15, -0.1) is 10.2 Å². The van der Waals surface area contributed by atoms with Gasteiger partial charge in [0.05, 0.1) is 5.75 Å². The molecular weight excluding hydrogens is 340 g/mol. The number of rotatable bonds is 6. The van der Waals surface area contributed by atoms with E-state index in [-0.39, 0.29) is 5.78 Å². The van der Waals surface area contributed by atoms with Gasteiger partial charge in [0.25, 0.3) is 0 Å². The Hall–Kier alpha value is -2.12. The second-order valence-corrected chi connectivity index (χ2v) is 7.71. The van der Waals surface area contributed by atoms with E-state index in [2.05, 4.69) is 26.9 Å². The van der Waals surface area contributed by atoms with Crippen molar-refractivity contribution in [1.82, 2.24) is 14.8 Å². The Labute approximate surface area is 148 Å². The molecule has 0 unspecified atom stereocenters. The van der Waals surface area contributed by atoms with Gasteiger partial charge in [-0.1, -0.05) is 53.4 Å². The van der Waals surface area contributed by atoms with Crippen molar-refractivity contribution in [2.24, 2.45) is 0 Å². The lowest BCUT2D eigenvalue weighted by molar-refractivity contribution is 0.102. The number of aryl methyl sites for hydroxylation is 1. The van der Waals surface area contributed by atoms with Crippen molar-refractivity contribution in [3.05, 3.63) is 58.9 Å². The number of aromatic nitrogens is 3. The van der Waals surface area contributed by atoms with Crippen LogP contribution in [0.2, 0.25) is 0 Å². The number of Topliss-reactive ketones (excluding diaryl/α,β-unsaturated/α-hetero) is 1. The van der Waals surface area contributed by atoms with Gasteiger partial charge in [0.2, 0.25) is 5.13 Å². The van der Waals surface area contributed by atoms with Gasteiger partial charge in [-0.05, 0) is 25.5 Å². The fourth-order valence-electron chi connectivity index (χ4n) is 2.58. The van der Waals surface area contributed by atoms with E-state index in [4.69, 9.17) is 5.73 Å². The minimum atomic E-state index is 0.0983. The molecule has 7 heteroatoms. The molecule has 2 N–H and O–H groups in total. The van der Waals surface area contributed by atoms with E-state index in [0.717, 1.165) is 27.8 Å². The summed E-state index contributed by atoms with van der Waals surface area (Å²) in [6.45, 7) is 4.80. The third-order valence-electron chi connectivity index (χ3n) is 3.81. The normalized spacial score (nSPS) is 10.9. The molecule has 2 aromatic heterocycles. The third kappa shape index (κ3) is 3.68. The third-order valence-corrected chi connectivity index (χ3v) is 5.69. The van der Waals surface area contributed by atoms with E-state index in [9.17, 15) is 4.79 Å². The van der Waals surface area contributed by atoms with Gasteiger partial charge in [-0.3, -0.25) is 4.79 Å². The smallest absolute Gasteiger partial charge is 0.203 e. The monoisotopic (exact) mass is 358 g/mol. The lowest BCUT2D eigenvalue weighted by atomic mass is 10.2. The maximum Gasteiger partial charge on any atom is 0.203 e. The molecule has 0 spiro atoms. The van der Waals surface area contributed by atoms with Crippen LogP contribution in [-0.2, 0) is 6.54 Å². The lowest BCUT2D eigenvalue weighted by Crippen LogP contribution is -2.07. The minimum Gasteiger partial charge on any atom is -0.374 e. The summed E-state index contributed by atoms with van der Waals surface area (Å²) in [5, 5.41) is 8.11. The molecular formula is C17H18N4OS2. The number of anilines is 1. The number of nitrogen functional groups attached to an aromatic ring is 1. The van der Waals surface area contributed by atoms with Crippen molar-refractivity contribution >= 4 is 34.0 Å². The number of ketones is 1.